The highest BCUT2D eigenvalue weighted by molar-refractivity contribution is 7.93. The van der Waals surface area contributed by atoms with Crippen LogP contribution in [0.5, 0.6) is 0 Å². The summed E-state index contributed by atoms with van der Waals surface area (Å²) in [5.41, 5.74) is 0.575. The lowest BCUT2D eigenvalue weighted by Crippen LogP contribution is -2.17. The van der Waals surface area contributed by atoms with Crippen molar-refractivity contribution in [2.24, 2.45) is 0 Å². The Bertz CT molecular complexity index is 391. The molecule has 0 saturated heterocycles. The Labute approximate surface area is 74.6 Å². The Morgan fingerprint density at radius 3 is 3.00 bits per heavy atom. The average Bonchev–Trinajstić information content (AvgIpc) is 2.46. The van der Waals surface area contributed by atoms with Gasteiger partial charge in [-0.05, 0) is 17.9 Å². The number of thiophene rings is 1. The summed E-state index contributed by atoms with van der Waals surface area (Å²) in [5, 5.41) is 11.1. The summed E-state index contributed by atoms with van der Waals surface area (Å²) >= 11 is 1.19. The minimum Gasteiger partial charge on any atom is -0.388 e. The molecule has 1 aromatic heterocycles. The van der Waals surface area contributed by atoms with E-state index in [4.69, 9.17) is 0 Å². The Kier molecular flexibility index (Phi) is 1.75. The molecule has 1 atom stereocenters. The predicted molar refractivity (Wildman–Crippen MR) is 45.9 cm³/mol. The first-order chi connectivity index (χ1) is 5.61. The number of aliphatic hydroxyl groups excluding tert-OH is 1. The highest BCUT2D eigenvalue weighted by Crippen LogP contribution is 2.35. The van der Waals surface area contributed by atoms with E-state index < -0.39 is 15.9 Å². The van der Waals surface area contributed by atoms with Crippen molar-refractivity contribution in [2.75, 3.05) is 5.75 Å². The molecule has 1 aliphatic rings. The van der Waals surface area contributed by atoms with Gasteiger partial charge in [0.25, 0.3) is 0 Å². The fraction of sp³-hybridized carbons (Fsp3) is 0.429. The zero-order chi connectivity index (χ0) is 8.77. The van der Waals surface area contributed by atoms with Gasteiger partial charge in [0.15, 0.2) is 9.84 Å². The first-order valence-corrected chi connectivity index (χ1v) is 6.13. The van der Waals surface area contributed by atoms with Gasteiger partial charge in [-0.2, -0.15) is 0 Å². The van der Waals surface area contributed by atoms with Crippen LogP contribution in [0.3, 0.4) is 0 Å². The molecule has 12 heavy (non-hydrogen) atoms. The van der Waals surface area contributed by atoms with Crippen molar-refractivity contribution in [3.63, 3.8) is 0 Å². The van der Waals surface area contributed by atoms with Crippen LogP contribution in [-0.2, 0) is 9.84 Å². The third-order valence-corrected chi connectivity index (χ3v) is 5.31. The highest BCUT2D eigenvalue weighted by atomic mass is 32.2. The van der Waals surface area contributed by atoms with Gasteiger partial charge in [0.05, 0.1) is 11.9 Å². The molecule has 0 amide bonds. The second-order valence-corrected chi connectivity index (χ2v) is 6.01. The maximum atomic E-state index is 11.4. The third-order valence-electron chi connectivity index (χ3n) is 1.96. The van der Waals surface area contributed by atoms with Crippen molar-refractivity contribution < 1.29 is 13.5 Å². The molecule has 0 aliphatic carbocycles. The molecule has 1 aliphatic heterocycles. The van der Waals surface area contributed by atoms with E-state index >= 15 is 0 Å². The van der Waals surface area contributed by atoms with Crippen molar-refractivity contribution in [1.82, 2.24) is 0 Å². The first-order valence-electron chi connectivity index (χ1n) is 3.59. The van der Waals surface area contributed by atoms with E-state index in [1.54, 1.807) is 11.4 Å². The topological polar surface area (TPSA) is 54.4 Å². The lowest BCUT2D eigenvalue weighted by molar-refractivity contribution is 0.169. The molecular formula is C7H8O3S2. The van der Waals surface area contributed by atoms with Gasteiger partial charge in [-0.1, -0.05) is 0 Å². The van der Waals surface area contributed by atoms with Gasteiger partial charge in [-0.3, -0.25) is 0 Å². The van der Waals surface area contributed by atoms with E-state index in [0.29, 0.717) is 16.2 Å². The minimum atomic E-state index is -3.07. The van der Waals surface area contributed by atoms with Gasteiger partial charge >= 0.3 is 0 Å². The molecule has 3 nitrogen and oxygen atoms in total. The normalized spacial score (nSPS) is 26.6. The summed E-state index contributed by atoms with van der Waals surface area (Å²) in [6, 6.07) is 1.68. The van der Waals surface area contributed by atoms with Crippen LogP contribution in [0.1, 0.15) is 18.1 Å². The number of rotatable bonds is 0. The molecule has 0 aromatic carbocycles. The number of fused-ring (bicyclic) bond motifs is 1. The first kappa shape index (κ1) is 8.22. The third kappa shape index (κ3) is 1.09. The van der Waals surface area contributed by atoms with Gasteiger partial charge in [-0.15, -0.1) is 11.3 Å². The van der Waals surface area contributed by atoms with Crippen molar-refractivity contribution >= 4 is 21.2 Å². The van der Waals surface area contributed by atoms with E-state index in [1.807, 2.05) is 0 Å². The van der Waals surface area contributed by atoms with E-state index in [9.17, 15) is 13.5 Å². The van der Waals surface area contributed by atoms with Crippen molar-refractivity contribution in [3.8, 4) is 0 Å². The number of sulfone groups is 1. The van der Waals surface area contributed by atoms with Gasteiger partial charge in [-0.25, -0.2) is 8.42 Å². The molecule has 0 spiro atoms. The maximum Gasteiger partial charge on any atom is 0.188 e. The molecule has 1 N–H and O–H groups in total. The van der Waals surface area contributed by atoms with Crippen LogP contribution in [-0.4, -0.2) is 19.3 Å². The smallest absolute Gasteiger partial charge is 0.188 e. The zero-order valence-corrected chi connectivity index (χ0v) is 7.86. The standard InChI is InChI=1S/C7H8O3S2/c8-6-2-4-12(9,10)7-5(6)1-3-11-7/h1,3,6,8H,2,4H2/t6-/m1/s1. The predicted octanol–water partition coefficient (Wildman–Crippen LogP) is 0.959. The molecule has 2 rings (SSSR count). The second kappa shape index (κ2) is 2.55. The van der Waals surface area contributed by atoms with Gasteiger partial charge in [0.2, 0.25) is 0 Å². The lowest BCUT2D eigenvalue weighted by Gasteiger charge is -2.16. The molecule has 1 aromatic rings. The molecule has 66 valence electrons. The molecule has 0 radical (unpaired) electrons. The van der Waals surface area contributed by atoms with E-state index in [1.165, 1.54) is 11.3 Å². The highest BCUT2D eigenvalue weighted by Gasteiger charge is 2.30. The van der Waals surface area contributed by atoms with Gasteiger partial charge < -0.3 is 5.11 Å². The summed E-state index contributed by atoms with van der Waals surface area (Å²) in [4.78, 5) is 0. The molecule has 2 heterocycles. The Balaban J connectivity index is 2.65. The summed E-state index contributed by atoms with van der Waals surface area (Å²) in [6.07, 6.45) is -0.263. The Hall–Kier alpha value is -0.390. The summed E-state index contributed by atoms with van der Waals surface area (Å²) < 4.78 is 23.1. The van der Waals surface area contributed by atoms with E-state index in [2.05, 4.69) is 0 Å². The Morgan fingerprint density at radius 2 is 2.33 bits per heavy atom. The number of hydrogen-bond acceptors (Lipinski definition) is 4. The van der Waals surface area contributed by atoms with Crippen LogP contribution in [0, 0.1) is 0 Å². The molecular weight excluding hydrogens is 196 g/mol. The molecule has 0 fully saturated rings. The second-order valence-electron chi connectivity index (χ2n) is 2.79. The quantitative estimate of drug-likeness (QED) is 0.684. The van der Waals surface area contributed by atoms with Crippen molar-refractivity contribution in [3.05, 3.63) is 17.0 Å². The summed E-state index contributed by atoms with van der Waals surface area (Å²) in [6.45, 7) is 0. The van der Waals surface area contributed by atoms with E-state index in [0.717, 1.165) is 0 Å². The van der Waals surface area contributed by atoms with Gasteiger partial charge in [0.1, 0.15) is 4.21 Å². The van der Waals surface area contributed by atoms with Crippen LogP contribution >= 0.6 is 11.3 Å². The number of aliphatic hydroxyl groups is 1. The lowest BCUT2D eigenvalue weighted by atomic mass is 10.1. The number of hydrogen-bond donors (Lipinski definition) is 1. The van der Waals surface area contributed by atoms with E-state index in [-0.39, 0.29) is 5.75 Å². The molecule has 0 saturated carbocycles. The SMILES string of the molecule is O=S1(=O)CC[C@@H](O)c2ccsc21. The molecule has 5 heteroatoms. The Morgan fingerprint density at radius 1 is 1.58 bits per heavy atom. The monoisotopic (exact) mass is 204 g/mol. The van der Waals surface area contributed by atoms with Crippen LogP contribution in [0.2, 0.25) is 0 Å². The van der Waals surface area contributed by atoms with Crippen molar-refractivity contribution in [2.45, 2.75) is 16.7 Å². The average molecular weight is 204 g/mol. The van der Waals surface area contributed by atoms with Crippen LogP contribution in [0.15, 0.2) is 15.7 Å². The van der Waals surface area contributed by atoms with Crippen LogP contribution in [0.25, 0.3) is 0 Å². The minimum absolute atomic E-state index is 0.0711. The van der Waals surface area contributed by atoms with Crippen LogP contribution < -0.4 is 0 Å². The summed E-state index contributed by atoms with van der Waals surface area (Å²) in [5.74, 6) is 0.0711. The van der Waals surface area contributed by atoms with Gasteiger partial charge in [0, 0.05) is 5.56 Å². The largest absolute Gasteiger partial charge is 0.388 e. The van der Waals surface area contributed by atoms with Crippen LogP contribution in [0.4, 0.5) is 0 Å². The summed E-state index contributed by atoms with van der Waals surface area (Å²) in [7, 11) is -3.07. The fourth-order valence-electron chi connectivity index (χ4n) is 1.32. The van der Waals surface area contributed by atoms with Crippen molar-refractivity contribution in [1.29, 1.82) is 0 Å². The molecule has 0 unspecified atom stereocenters. The maximum absolute atomic E-state index is 11.4. The molecule has 0 bridgehead atoms. The fourth-order valence-corrected chi connectivity index (χ4v) is 4.28. The zero-order valence-electron chi connectivity index (χ0n) is 6.23.